The Morgan fingerprint density at radius 1 is 0.160 bits per heavy atom. The molecule has 0 aliphatic heterocycles. The van der Waals surface area contributed by atoms with Gasteiger partial charge in [0.25, 0.3) is 0 Å². The Kier molecular flexibility index (Phi) is 18.7. The van der Waals surface area contributed by atoms with Crippen LogP contribution < -0.4 is 0 Å². The number of hydrogen-bond acceptors (Lipinski definition) is 10. The van der Waals surface area contributed by atoms with Crippen LogP contribution in [-0.2, 0) is 0 Å². The Bertz CT molecular complexity index is 10400. The van der Waals surface area contributed by atoms with Crippen molar-refractivity contribution in [2.45, 2.75) is 0 Å². The normalized spacial score (nSPS) is 11.9. The van der Waals surface area contributed by atoms with E-state index in [0.717, 1.165) is 138 Å². The van der Waals surface area contributed by atoms with Crippen LogP contribution in [0, 0.1) is 0 Å². The standard InChI is InChI=1S/C46H28N2O.C43H26N4.C42H24N4O2/c1-2-14-31(15-3-1)47-40-25-24-29-12-4-5-17-33(29)45(40)38-27-37-35-18-6-8-21-39(35)48(41(37)28-42(38)47)32-16-10-13-30(26-32)34-20-11-23-44-46(34)36-19-7-9-22-43(36)49-44;1-3-12-28(13-4-1)41-44-42(29-14-5-2-6-15-29)46-43(45-41)30-17-9-18-31(26-30)47-36-23-11-22-35-33-20-8-7-19-32(33)34-21-10-16-27-24-25-37(47)40(38(27)34)39(35)36;1-3-10-27(11-4-1)39-44-40(46-41(45-39)31-15-9-17-35-37(31)30-14-7-8-16-34(30)47-35)29-21-19-25-18-20-26-22-23-33-38(36(26)32(25)24-29)48-42(43-33)28-12-5-2-6-13-28/h1-28H;1-26H;1-24H. The minimum Gasteiger partial charge on any atom is -0.456 e. The summed E-state index contributed by atoms with van der Waals surface area (Å²) in [5.41, 5.74) is 29.4. The lowest BCUT2D eigenvalue weighted by molar-refractivity contribution is 0.623. The van der Waals surface area contributed by atoms with Crippen LogP contribution in [0.2, 0.25) is 0 Å². The third-order valence-electron chi connectivity index (χ3n) is 28.6. The Balaban J connectivity index is 0.000000103. The van der Waals surface area contributed by atoms with Crippen molar-refractivity contribution in [3.8, 4) is 130 Å². The van der Waals surface area contributed by atoms with Crippen LogP contribution in [0.3, 0.4) is 0 Å². The van der Waals surface area contributed by atoms with Crippen molar-refractivity contribution in [1.29, 1.82) is 0 Å². The number of furan rings is 2. The summed E-state index contributed by atoms with van der Waals surface area (Å²) in [6.07, 6.45) is 0. The number of hydrogen-bond donors (Lipinski definition) is 0. The molecule has 0 saturated heterocycles. The Morgan fingerprint density at radius 2 is 0.556 bits per heavy atom. The van der Waals surface area contributed by atoms with Crippen LogP contribution in [0.15, 0.2) is 486 Å². The summed E-state index contributed by atoms with van der Waals surface area (Å²) in [7, 11) is 0. The van der Waals surface area contributed by atoms with Crippen molar-refractivity contribution in [3.05, 3.63) is 473 Å². The van der Waals surface area contributed by atoms with Crippen molar-refractivity contribution >= 4 is 163 Å². The van der Waals surface area contributed by atoms with Crippen LogP contribution in [0.5, 0.6) is 0 Å². The smallest absolute Gasteiger partial charge is 0.227 e. The minimum atomic E-state index is 0.581. The summed E-state index contributed by atoms with van der Waals surface area (Å²) in [6.45, 7) is 0. The first-order valence-corrected chi connectivity index (χ1v) is 48.5. The number of oxazole rings is 1. The molecule has 0 N–H and O–H groups in total. The fourth-order valence-electron chi connectivity index (χ4n) is 22.2. The van der Waals surface area contributed by atoms with E-state index in [2.05, 4.69) is 317 Å². The predicted molar refractivity (Wildman–Crippen MR) is 589 cm³/mol. The Morgan fingerprint density at radius 3 is 1.22 bits per heavy atom. The van der Waals surface area contributed by atoms with E-state index in [-0.39, 0.29) is 0 Å². The molecule has 0 amide bonds. The van der Waals surface area contributed by atoms with Crippen molar-refractivity contribution in [1.82, 2.24) is 48.6 Å². The number of aromatic nitrogens is 10. The highest BCUT2D eigenvalue weighted by molar-refractivity contribution is 6.31. The lowest BCUT2D eigenvalue weighted by Gasteiger charge is -2.14. The molecule has 0 bridgehead atoms. The van der Waals surface area contributed by atoms with Gasteiger partial charge >= 0.3 is 0 Å². The quantitative estimate of drug-likeness (QED) is 0.115. The van der Waals surface area contributed by atoms with E-state index >= 15 is 0 Å². The molecule has 31 rings (SSSR count). The second-order valence-corrected chi connectivity index (χ2v) is 36.8. The van der Waals surface area contributed by atoms with Crippen molar-refractivity contribution < 1.29 is 13.3 Å². The van der Waals surface area contributed by atoms with E-state index in [9.17, 15) is 0 Å². The highest BCUT2D eigenvalue weighted by Gasteiger charge is 2.29. The van der Waals surface area contributed by atoms with Crippen LogP contribution >= 0.6 is 0 Å². The van der Waals surface area contributed by atoms with E-state index in [4.69, 9.17) is 48.1 Å². The van der Waals surface area contributed by atoms with E-state index in [0.29, 0.717) is 40.8 Å². The maximum absolute atomic E-state index is 6.48. The number of fused-ring (bicyclic) bond motifs is 22. The van der Waals surface area contributed by atoms with Crippen molar-refractivity contribution in [3.63, 3.8) is 0 Å². The Labute approximate surface area is 823 Å². The first-order valence-electron chi connectivity index (χ1n) is 48.5. The van der Waals surface area contributed by atoms with Gasteiger partial charge in [-0.15, -0.1) is 0 Å². The average molecular weight is 1840 g/mol. The van der Waals surface area contributed by atoms with Crippen LogP contribution in [-0.4, -0.2) is 48.6 Å². The average Bonchev–Trinajstić information content (AvgIpc) is 1.54. The maximum Gasteiger partial charge on any atom is 0.227 e. The highest BCUT2D eigenvalue weighted by atomic mass is 16.3. The first-order chi connectivity index (χ1) is 71.4. The zero-order chi connectivity index (χ0) is 94.6. The van der Waals surface area contributed by atoms with E-state index in [1.165, 1.54) is 115 Å². The van der Waals surface area contributed by atoms with Gasteiger partial charge in [-0.1, -0.05) is 352 Å². The van der Waals surface area contributed by atoms with Crippen LogP contribution in [0.25, 0.3) is 294 Å². The van der Waals surface area contributed by atoms with E-state index in [1.807, 2.05) is 170 Å². The molecule has 8 aromatic heterocycles. The molecule has 1 aliphatic rings. The number of para-hydroxylation sites is 4. The van der Waals surface area contributed by atoms with Gasteiger partial charge in [0.1, 0.15) is 27.8 Å². The molecule has 22 aromatic carbocycles. The molecule has 0 unspecified atom stereocenters. The molecule has 0 saturated carbocycles. The second-order valence-electron chi connectivity index (χ2n) is 36.8. The van der Waals surface area contributed by atoms with Gasteiger partial charge in [-0.05, 0) is 192 Å². The maximum atomic E-state index is 6.48. The first kappa shape index (κ1) is 81.5. The van der Waals surface area contributed by atoms with Gasteiger partial charge < -0.3 is 27.0 Å². The van der Waals surface area contributed by atoms with Crippen molar-refractivity contribution in [2.24, 2.45) is 0 Å². The molecule has 0 atom stereocenters. The molecule has 0 spiro atoms. The van der Waals surface area contributed by atoms with Gasteiger partial charge in [-0.2, -0.15) is 0 Å². The lowest BCUT2D eigenvalue weighted by atomic mass is 9.93. The molecule has 144 heavy (non-hydrogen) atoms. The monoisotopic (exact) mass is 1840 g/mol. The highest BCUT2D eigenvalue weighted by Crippen LogP contribution is 2.52. The number of benzene rings is 22. The van der Waals surface area contributed by atoms with E-state index < -0.39 is 0 Å². The summed E-state index contributed by atoms with van der Waals surface area (Å²) in [5.74, 6) is 4.31. The molecule has 13 nitrogen and oxygen atoms in total. The summed E-state index contributed by atoms with van der Waals surface area (Å²) in [5, 5.41) is 21.2. The number of rotatable bonds is 11. The van der Waals surface area contributed by atoms with Crippen LogP contribution in [0.1, 0.15) is 0 Å². The molecule has 1 aliphatic carbocycles. The SMILES string of the molecule is c1ccc(-c2nc(-c3ccc4ccc5ccc6nc(-c7ccccc7)oc6c5c4c3)nc(-c3cccc4oc5ccccc5c34)n2)cc1.c1ccc(-c2nc(-c3ccccc3)nc(-c3cccc(-n4c5cccc6c5c5c7c(cccc7ccc54)-c4ccccc4-6)c3)n2)cc1.c1ccc(-n2c3cc4c(cc3c3c5ccccc5ccc32)c2ccccc2n4-c2cccc(-c3cccc4oc5ccccc5c34)c2)cc1. The molecule has 0 fully saturated rings. The van der Waals surface area contributed by atoms with Gasteiger partial charge in [0, 0.05) is 115 Å². The summed E-state index contributed by atoms with van der Waals surface area (Å²) in [6, 6.07) is 166. The van der Waals surface area contributed by atoms with Gasteiger partial charge in [-0.25, -0.2) is 34.9 Å². The largest absolute Gasteiger partial charge is 0.456 e. The Hall–Kier alpha value is -19.6. The summed E-state index contributed by atoms with van der Waals surface area (Å²) < 4.78 is 26.2. The zero-order valence-electron chi connectivity index (χ0n) is 77.2. The van der Waals surface area contributed by atoms with Gasteiger partial charge in [0.2, 0.25) is 5.89 Å². The molecule has 670 valence electrons. The van der Waals surface area contributed by atoms with Gasteiger partial charge in [0.05, 0.1) is 33.1 Å². The second kappa shape index (κ2) is 33.1. The summed E-state index contributed by atoms with van der Waals surface area (Å²) >= 11 is 0. The molecular weight excluding hydrogens is 1760 g/mol. The lowest BCUT2D eigenvalue weighted by Crippen LogP contribution is -2.01. The molecule has 30 aromatic rings. The fourth-order valence-corrected chi connectivity index (χ4v) is 22.2. The molecule has 0 radical (unpaired) electrons. The fraction of sp³-hybridized carbons (Fsp3) is 0. The van der Waals surface area contributed by atoms with E-state index in [1.54, 1.807) is 0 Å². The third-order valence-corrected chi connectivity index (χ3v) is 28.6. The molecule has 8 heterocycles. The van der Waals surface area contributed by atoms with Crippen LogP contribution in [0.4, 0.5) is 0 Å². The van der Waals surface area contributed by atoms with Gasteiger partial charge in [-0.3, -0.25) is 0 Å². The van der Waals surface area contributed by atoms with Crippen molar-refractivity contribution in [2.75, 3.05) is 0 Å². The van der Waals surface area contributed by atoms with Gasteiger partial charge in [0.15, 0.2) is 40.5 Å². The third kappa shape index (κ3) is 13.3. The minimum absolute atomic E-state index is 0.581. The molecule has 13 heteroatoms. The zero-order valence-corrected chi connectivity index (χ0v) is 77.2. The summed E-state index contributed by atoms with van der Waals surface area (Å²) in [4.78, 5) is 35.0. The molecular formula is C131H78N10O3. The topological polar surface area (TPSA) is 144 Å². The number of nitrogens with zero attached hydrogens (tertiary/aromatic N) is 10. The predicted octanol–water partition coefficient (Wildman–Crippen LogP) is 34.3.